The second kappa shape index (κ2) is 16.6. The van der Waals surface area contributed by atoms with Crippen molar-refractivity contribution >= 4 is 11.8 Å². The first-order chi connectivity index (χ1) is 27.0. The van der Waals surface area contributed by atoms with Gasteiger partial charge in [0.25, 0.3) is 11.8 Å². The van der Waals surface area contributed by atoms with Crippen LogP contribution in [0.2, 0.25) is 0 Å². The van der Waals surface area contributed by atoms with E-state index in [0.29, 0.717) is 49.1 Å². The van der Waals surface area contributed by atoms with Crippen molar-refractivity contribution in [1.29, 1.82) is 0 Å². The molecule has 2 aromatic carbocycles. The smallest absolute Gasteiger partial charge is 0.255 e. The standard InChI is InChI=1S/2C20H16F3N3O2/c2*21-14-4-5-15(16(22)8-14)17-11-28-19(25-17)13-2-1-7-26(10-13)20(27)12-3-6-18(23)24-9-12/h2*3-6,8-9,11,13H,1-2,7,10H2/t2*13-/m00/s1. The number of hydrogen-bond acceptors (Lipinski definition) is 8. The number of nitrogens with zero attached hydrogens (tertiary/aromatic N) is 6. The highest BCUT2D eigenvalue weighted by atomic mass is 19.2. The number of oxazole rings is 2. The molecule has 6 heterocycles. The molecule has 0 saturated carbocycles. The lowest BCUT2D eigenvalue weighted by Gasteiger charge is -2.31. The minimum Gasteiger partial charge on any atom is -0.448 e. The van der Waals surface area contributed by atoms with E-state index in [2.05, 4.69) is 19.9 Å². The molecule has 0 spiro atoms. The van der Waals surface area contributed by atoms with Crippen molar-refractivity contribution in [2.45, 2.75) is 37.5 Å². The predicted molar refractivity (Wildman–Crippen MR) is 188 cm³/mol. The van der Waals surface area contributed by atoms with Gasteiger partial charge in [-0.3, -0.25) is 9.59 Å². The summed E-state index contributed by atoms with van der Waals surface area (Å²) < 4.78 is 91.1. The van der Waals surface area contributed by atoms with E-state index < -0.39 is 35.2 Å². The molecule has 6 aromatic rings. The molecule has 8 rings (SSSR count). The summed E-state index contributed by atoms with van der Waals surface area (Å²) in [6.45, 7) is 1.88. The van der Waals surface area contributed by atoms with Gasteiger partial charge in [-0.2, -0.15) is 8.78 Å². The second-order valence-electron chi connectivity index (χ2n) is 13.3. The zero-order chi connectivity index (χ0) is 39.3. The van der Waals surface area contributed by atoms with Crippen molar-refractivity contribution in [2.75, 3.05) is 26.2 Å². The minimum absolute atomic E-state index is 0.150. The molecule has 2 amide bonds. The molecule has 2 aliphatic heterocycles. The van der Waals surface area contributed by atoms with Crippen LogP contribution in [-0.2, 0) is 0 Å². The van der Waals surface area contributed by atoms with Gasteiger partial charge in [0.15, 0.2) is 11.8 Å². The predicted octanol–water partition coefficient (Wildman–Crippen LogP) is 8.35. The Labute approximate surface area is 315 Å². The molecule has 0 radical (unpaired) electrons. The second-order valence-corrected chi connectivity index (χ2v) is 13.3. The molecule has 2 fully saturated rings. The summed E-state index contributed by atoms with van der Waals surface area (Å²) in [5.41, 5.74) is 1.47. The van der Waals surface area contributed by atoms with Gasteiger partial charge in [0.05, 0.1) is 23.0 Å². The monoisotopic (exact) mass is 774 g/mol. The number of amides is 2. The molecule has 4 aromatic heterocycles. The van der Waals surface area contributed by atoms with Crippen LogP contribution in [0.15, 0.2) is 94.4 Å². The average Bonchev–Trinajstić information content (AvgIpc) is 3.90. The molecular formula is C40H32F6N6O4. The van der Waals surface area contributed by atoms with Gasteiger partial charge in [-0.25, -0.2) is 37.5 Å². The van der Waals surface area contributed by atoms with Gasteiger partial charge in [0.2, 0.25) is 11.9 Å². The van der Waals surface area contributed by atoms with Crippen LogP contribution < -0.4 is 0 Å². The summed E-state index contributed by atoms with van der Waals surface area (Å²) in [5.74, 6) is -4.05. The summed E-state index contributed by atoms with van der Waals surface area (Å²) in [5, 5.41) is 0. The first-order valence-electron chi connectivity index (χ1n) is 17.7. The Morgan fingerprint density at radius 3 is 1.39 bits per heavy atom. The van der Waals surface area contributed by atoms with E-state index in [1.54, 1.807) is 9.80 Å². The lowest BCUT2D eigenvalue weighted by atomic mass is 9.97. The summed E-state index contributed by atoms with van der Waals surface area (Å²) in [7, 11) is 0. The van der Waals surface area contributed by atoms with Crippen molar-refractivity contribution < 1.29 is 44.8 Å². The highest BCUT2D eigenvalue weighted by Gasteiger charge is 2.30. The van der Waals surface area contributed by atoms with Gasteiger partial charge in [-0.05, 0) is 74.2 Å². The largest absolute Gasteiger partial charge is 0.448 e. The highest BCUT2D eigenvalue weighted by Crippen LogP contribution is 2.32. The third kappa shape index (κ3) is 8.64. The van der Waals surface area contributed by atoms with Crippen LogP contribution in [0.1, 0.15) is 70.0 Å². The zero-order valence-electron chi connectivity index (χ0n) is 29.5. The molecule has 0 aliphatic carbocycles. The Hall–Kier alpha value is -6.32. The first kappa shape index (κ1) is 38.0. The first-order valence-corrected chi connectivity index (χ1v) is 17.7. The number of aromatic nitrogens is 4. The van der Waals surface area contributed by atoms with Crippen LogP contribution >= 0.6 is 0 Å². The number of carbonyl (C=O) groups excluding carboxylic acids is 2. The maximum absolute atomic E-state index is 14.0. The van der Waals surface area contributed by atoms with Crippen molar-refractivity contribution in [3.05, 3.63) is 144 Å². The third-order valence-electron chi connectivity index (χ3n) is 9.52. The lowest BCUT2D eigenvalue weighted by Crippen LogP contribution is -2.39. The molecule has 288 valence electrons. The number of benzene rings is 2. The fourth-order valence-electron chi connectivity index (χ4n) is 6.69. The topological polar surface area (TPSA) is 118 Å². The van der Waals surface area contributed by atoms with E-state index >= 15 is 0 Å². The number of piperidine rings is 2. The maximum Gasteiger partial charge on any atom is 0.255 e. The Bertz CT molecular complexity index is 2170. The summed E-state index contributed by atoms with van der Waals surface area (Å²) in [4.78, 5) is 44.2. The van der Waals surface area contributed by atoms with Crippen molar-refractivity contribution in [1.82, 2.24) is 29.7 Å². The van der Waals surface area contributed by atoms with Gasteiger partial charge < -0.3 is 18.6 Å². The van der Waals surface area contributed by atoms with E-state index in [9.17, 15) is 35.9 Å². The van der Waals surface area contributed by atoms with Crippen LogP contribution in [-0.4, -0.2) is 67.7 Å². The summed E-state index contributed by atoms with van der Waals surface area (Å²) >= 11 is 0. The maximum atomic E-state index is 14.0. The quantitative estimate of drug-likeness (QED) is 0.122. The normalized spacial score (nSPS) is 17.0. The van der Waals surface area contributed by atoms with Gasteiger partial charge in [-0.1, -0.05) is 0 Å². The molecule has 16 heteroatoms. The Kier molecular flexibility index (Phi) is 11.2. The van der Waals surface area contributed by atoms with Crippen LogP contribution in [0.3, 0.4) is 0 Å². The average molecular weight is 775 g/mol. The zero-order valence-corrected chi connectivity index (χ0v) is 29.5. The SMILES string of the molecule is O=C(c1ccc(F)nc1)N1CCC[C@H](c2nc(-c3ccc(F)cc3F)co2)C1.O=C(c1ccc(F)nc1)N1CCC[C@H](c2nc(-c3ccc(F)cc3F)co2)C1. The Morgan fingerprint density at radius 1 is 0.589 bits per heavy atom. The number of hydrogen-bond donors (Lipinski definition) is 0. The summed E-state index contributed by atoms with van der Waals surface area (Å²) in [6.07, 6.45) is 8.09. The summed E-state index contributed by atoms with van der Waals surface area (Å²) in [6, 6.07) is 11.6. The molecule has 2 saturated heterocycles. The van der Waals surface area contributed by atoms with Gasteiger partial charge >= 0.3 is 0 Å². The van der Waals surface area contributed by atoms with Crippen LogP contribution in [0.4, 0.5) is 26.3 Å². The molecule has 0 N–H and O–H groups in total. The molecule has 0 bridgehead atoms. The number of carbonyl (C=O) groups is 2. The minimum atomic E-state index is -0.718. The highest BCUT2D eigenvalue weighted by molar-refractivity contribution is 5.94. The van der Waals surface area contributed by atoms with E-state index in [0.717, 1.165) is 62.1 Å². The van der Waals surface area contributed by atoms with E-state index in [-0.39, 0.29) is 46.2 Å². The lowest BCUT2D eigenvalue weighted by molar-refractivity contribution is 0.0690. The Balaban J connectivity index is 0.000000172. The van der Waals surface area contributed by atoms with E-state index in [4.69, 9.17) is 8.83 Å². The van der Waals surface area contributed by atoms with Crippen molar-refractivity contribution in [2.24, 2.45) is 0 Å². The van der Waals surface area contributed by atoms with Crippen LogP contribution in [0.5, 0.6) is 0 Å². The van der Waals surface area contributed by atoms with E-state index in [1.165, 1.54) is 49.2 Å². The number of halogens is 6. The molecule has 2 aliphatic rings. The molecular weight excluding hydrogens is 742 g/mol. The molecule has 10 nitrogen and oxygen atoms in total. The van der Waals surface area contributed by atoms with Crippen molar-refractivity contribution in [3.8, 4) is 22.5 Å². The van der Waals surface area contributed by atoms with E-state index in [1.807, 2.05) is 0 Å². The molecule has 56 heavy (non-hydrogen) atoms. The molecule has 2 atom stereocenters. The van der Waals surface area contributed by atoms with Crippen LogP contribution in [0.25, 0.3) is 22.5 Å². The number of likely N-dealkylation sites (tertiary alicyclic amines) is 2. The number of rotatable bonds is 6. The fourth-order valence-corrected chi connectivity index (χ4v) is 6.69. The van der Waals surface area contributed by atoms with Gasteiger partial charge in [0.1, 0.15) is 47.2 Å². The Morgan fingerprint density at radius 2 is 1.02 bits per heavy atom. The van der Waals surface area contributed by atoms with Crippen molar-refractivity contribution in [3.63, 3.8) is 0 Å². The number of pyridine rings is 2. The van der Waals surface area contributed by atoms with Gasteiger partial charge in [-0.15, -0.1) is 0 Å². The third-order valence-corrected chi connectivity index (χ3v) is 9.52. The van der Waals surface area contributed by atoms with Gasteiger partial charge in [0, 0.05) is 61.8 Å². The van der Waals surface area contributed by atoms with Crippen LogP contribution in [0, 0.1) is 35.2 Å². The fraction of sp³-hybridized carbons (Fsp3) is 0.250. The molecule has 0 unspecified atom stereocenters.